The summed E-state index contributed by atoms with van der Waals surface area (Å²) in [6, 6.07) is 1.47. The highest BCUT2D eigenvalue weighted by Crippen LogP contribution is 2.12. The van der Waals surface area contributed by atoms with Crippen LogP contribution < -0.4 is 0 Å². The van der Waals surface area contributed by atoms with E-state index in [1.54, 1.807) is 18.5 Å². The molecule has 0 aromatic carbocycles. The van der Waals surface area contributed by atoms with Gasteiger partial charge in [0, 0.05) is 18.1 Å². The van der Waals surface area contributed by atoms with Gasteiger partial charge in [-0.05, 0) is 31.9 Å². The Hall–Kier alpha value is -1.91. The molecule has 0 radical (unpaired) electrons. The van der Waals surface area contributed by atoms with Crippen molar-refractivity contribution in [2.45, 2.75) is 27.2 Å². The van der Waals surface area contributed by atoms with Crippen LogP contribution in [-0.4, -0.2) is 25.6 Å². The van der Waals surface area contributed by atoms with Crippen LogP contribution in [0.1, 0.15) is 23.9 Å². The fraction of sp³-hybridized carbons (Fsp3) is 0.364. The molecule has 2 aromatic heterocycles. The fourth-order valence-electron chi connectivity index (χ4n) is 1.64. The quantitative estimate of drug-likeness (QED) is 0.733. The minimum Gasteiger partial charge on any atom is -0.244 e. The van der Waals surface area contributed by atoms with Crippen LogP contribution in [0, 0.1) is 13.8 Å². The van der Waals surface area contributed by atoms with Gasteiger partial charge in [-0.15, -0.1) is 0 Å². The Morgan fingerprint density at radius 3 is 2.69 bits per heavy atom. The highest BCUT2D eigenvalue weighted by Gasteiger charge is 2.16. The van der Waals surface area contributed by atoms with Gasteiger partial charge in [-0.1, -0.05) is 6.92 Å². The molecular formula is C11H14N4O. The molecule has 5 nitrogen and oxygen atoms in total. The Bertz CT molecular complexity index is 510. The Morgan fingerprint density at radius 2 is 2.19 bits per heavy atom. The van der Waals surface area contributed by atoms with Gasteiger partial charge in [-0.2, -0.15) is 19.6 Å². The smallest absolute Gasteiger partial charge is 0.244 e. The second-order valence-corrected chi connectivity index (χ2v) is 3.66. The number of carbonyl (C=O) groups is 1. The summed E-state index contributed by atoms with van der Waals surface area (Å²) in [5, 5.41) is 8.19. The average Bonchev–Trinajstić information content (AvgIpc) is 2.89. The van der Waals surface area contributed by atoms with Crippen molar-refractivity contribution in [3.05, 3.63) is 35.4 Å². The summed E-state index contributed by atoms with van der Waals surface area (Å²) in [6.07, 6.45) is 4.01. The lowest BCUT2D eigenvalue weighted by atomic mass is 10.2. The normalized spacial score (nSPS) is 10.7. The lowest BCUT2D eigenvalue weighted by molar-refractivity contribution is 0.237. The van der Waals surface area contributed by atoms with Crippen molar-refractivity contribution < 1.29 is 4.79 Å². The monoisotopic (exact) mass is 218 g/mol. The number of aryl methyl sites for hydroxylation is 1. The van der Waals surface area contributed by atoms with Crippen LogP contribution >= 0.6 is 0 Å². The molecule has 0 atom stereocenters. The minimum absolute atomic E-state index is 0.245. The molecule has 84 valence electrons. The summed E-state index contributed by atoms with van der Waals surface area (Å²) in [6.45, 7) is 5.90. The first-order valence-electron chi connectivity index (χ1n) is 5.24. The Labute approximate surface area is 93.7 Å². The largest absolute Gasteiger partial charge is 0.369 e. The van der Waals surface area contributed by atoms with Crippen molar-refractivity contribution in [1.82, 2.24) is 19.6 Å². The molecule has 0 N–H and O–H groups in total. The zero-order valence-corrected chi connectivity index (χ0v) is 9.64. The number of aromatic nitrogens is 4. The van der Waals surface area contributed by atoms with Crippen molar-refractivity contribution in [2.24, 2.45) is 0 Å². The molecule has 5 heteroatoms. The number of hydrogen-bond donors (Lipinski definition) is 0. The summed E-state index contributed by atoms with van der Waals surface area (Å²) >= 11 is 0. The first kappa shape index (κ1) is 10.6. The van der Waals surface area contributed by atoms with Crippen molar-refractivity contribution >= 4 is 6.03 Å². The van der Waals surface area contributed by atoms with Crippen LogP contribution in [0.15, 0.2) is 18.5 Å². The Kier molecular flexibility index (Phi) is 2.60. The van der Waals surface area contributed by atoms with Gasteiger partial charge in [0.05, 0.1) is 5.69 Å². The van der Waals surface area contributed by atoms with Crippen molar-refractivity contribution in [2.75, 3.05) is 0 Å². The maximum atomic E-state index is 12.0. The van der Waals surface area contributed by atoms with E-state index in [-0.39, 0.29) is 6.03 Å². The van der Waals surface area contributed by atoms with E-state index in [9.17, 15) is 4.79 Å². The summed E-state index contributed by atoms with van der Waals surface area (Å²) < 4.78 is 2.68. The van der Waals surface area contributed by atoms with Crippen LogP contribution in [0.4, 0.5) is 4.79 Å². The molecule has 0 fully saturated rings. The zero-order chi connectivity index (χ0) is 11.7. The van der Waals surface area contributed by atoms with Gasteiger partial charge in [-0.25, -0.2) is 4.79 Å². The van der Waals surface area contributed by atoms with Crippen LogP contribution in [0.25, 0.3) is 0 Å². The minimum atomic E-state index is -0.245. The molecule has 0 aliphatic heterocycles. The van der Waals surface area contributed by atoms with Crippen molar-refractivity contribution in [1.29, 1.82) is 0 Å². The first-order valence-corrected chi connectivity index (χ1v) is 5.24. The standard InChI is InChI=1S/C11H14N4O/c1-4-10-8(2)9(3)15(13-10)11(16)14-7-5-6-12-14/h5-7H,4H2,1-3H3. The van der Waals surface area contributed by atoms with E-state index in [0.29, 0.717) is 0 Å². The lowest BCUT2D eigenvalue weighted by Gasteiger charge is -2.01. The van der Waals surface area contributed by atoms with Crippen LogP contribution in [0.3, 0.4) is 0 Å². The SMILES string of the molecule is CCc1nn(C(=O)n2cccn2)c(C)c1C. The molecule has 2 aromatic rings. The van der Waals surface area contributed by atoms with Crippen molar-refractivity contribution in [3.8, 4) is 0 Å². The van der Waals surface area contributed by atoms with Crippen LogP contribution in [-0.2, 0) is 6.42 Å². The number of hydrogen-bond acceptors (Lipinski definition) is 3. The third-order valence-corrected chi connectivity index (χ3v) is 2.73. The van der Waals surface area contributed by atoms with Gasteiger partial charge in [0.15, 0.2) is 0 Å². The van der Waals surface area contributed by atoms with Gasteiger partial charge in [0.2, 0.25) is 0 Å². The molecular weight excluding hydrogens is 204 g/mol. The summed E-state index contributed by atoms with van der Waals surface area (Å²) in [7, 11) is 0. The lowest BCUT2D eigenvalue weighted by Crippen LogP contribution is -2.22. The van der Waals surface area contributed by atoms with Crippen LogP contribution in [0.2, 0.25) is 0 Å². The average molecular weight is 218 g/mol. The topological polar surface area (TPSA) is 52.7 Å². The van der Waals surface area contributed by atoms with Gasteiger partial charge < -0.3 is 0 Å². The molecule has 0 saturated carbocycles. The third kappa shape index (κ3) is 1.54. The number of carbonyl (C=O) groups excluding carboxylic acids is 1. The predicted molar refractivity (Wildman–Crippen MR) is 59.5 cm³/mol. The van der Waals surface area contributed by atoms with Crippen LogP contribution in [0.5, 0.6) is 0 Å². The molecule has 0 saturated heterocycles. The highest BCUT2D eigenvalue weighted by atomic mass is 16.2. The van der Waals surface area contributed by atoms with Gasteiger partial charge in [-0.3, -0.25) is 0 Å². The van der Waals surface area contributed by atoms with E-state index in [1.165, 1.54) is 9.36 Å². The molecule has 0 unspecified atom stereocenters. The van der Waals surface area contributed by atoms with E-state index >= 15 is 0 Å². The molecule has 0 spiro atoms. The van der Waals surface area contributed by atoms with E-state index in [4.69, 9.17) is 0 Å². The maximum Gasteiger partial charge on any atom is 0.369 e. The Morgan fingerprint density at radius 1 is 1.44 bits per heavy atom. The molecule has 2 heterocycles. The summed E-state index contributed by atoms with van der Waals surface area (Å²) in [5.74, 6) is 0. The molecule has 0 amide bonds. The molecule has 0 bridgehead atoms. The molecule has 0 aliphatic rings. The van der Waals surface area contributed by atoms with E-state index < -0.39 is 0 Å². The first-order chi connectivity index (χ1) is 7.65. The molecule has 0 aliphatic carbocycles. The van der Waals surface area contributed by atoms with Crippen molar-refractivity contribution in [3.63, 3.8) is 0 Å². The van der Waals surface area contributed by atoms with Gasteiger partial charge >= 0.3 is 6.03 Å². The maximum absolute atomic E-state index is 12.0. The third-order valence-electron chi connectivity index (χ3n) is 2.73. The van der Waals surface area contributed by atoms with Gasteiger partial charge in [0.25, 0.3) is 0 Å². The second kappa shape index (κ2) is 3.92. The molecule has 16 heavy (non-hydrogen) atoms. The zero-order valence-electron chi connectivity index (χ0n) is 9.64. The van der Waals surface area contributed by atoms with E-state index in [0.717, 1.165) is 23.4 Å². The molecule has 2 rings (SSSR count). The number of nitrogens with zero attached hydrogens (tertiary/aromatic N) is 4. The second-order valence-electron chi connectivity index (χ2n) is 3.66. The highest BCUT2D eigenvalue weighted by molar-refractivity contribution is 5.78. The summed E-state index contributed by atoms with van der Waals surface area (Å²) in [5.41, 5.74) is 2.90. The van der Waals surface area contributed by atoms with Gasteiger partial charge in [0.1, 0.15) is 0 Å². The van der Waals surface area contributed by atoms with E-state index in [1.807, 2.05) is 20.8 Å². The number of rotatable bonds is 1. The predicted octanol–water partition coefficient (Wildman–Crippen LogP) is 1.78. The Balaban J connectivity index is 2.45. The van der Waals surface area contributed by atoms with E-state index in [2.05, 4.69) is 10.2 Å². The fourth-order valence-corrected chi connectivity index (χ4v) is 1.64. The summed E-state index contributed by atoms with van der Waals surface area (Å²) in [4.78, 5) is 12.0.